The molecular formula is C38H29ClN2O5. The number of phenolic OH excluding ortho intramolecular Hbond substituents is 1. The van der Waals surface area contributed by atoms with Gasteiger partial charge in [-0.2, -0.15) is 0 Å². The van der Waals surface area contributed by atoms with Crippen molar-refractivity contribution in [1.82, 2.24) is 9.97 Å². The van der Waals surface area contributed by atoms with Gasteiger partial charge in [-0.25, -0.2) is 14.8 Å². The fourth-order valence-electron chi connectivity index (χ4n) is 6.01. The summed E-state index contributed by atoms with van der Waals surface area (Å²) in [6.07, 6.45) is 4.54. The number of carbonyl (C=O) groups is 3. The number of carbonyl (C=O) groups excluding carboxylic acids is 3. The van der Waals surface area contributed by atoms with Crippen LogP contribution in [-0.4, -0.2) is 39.2 Å². The van der Waals surface area contributed by atoms with Crippen LogP contribution in [-0.2, 0) is 16.0 Å². The molecule has 0 radical (unpaired) electrons. The van der Waals surface area contributed by atoms with E-state index in [0.717, 1.165) is 27.3 Å². The van der Waals surface area contributed by atoms with Crippen LogP contribution in [0.1, 0.15) is 50.2 Å². The van der Waals surface area contributed by atoms with Gasteiger partial charge in [0.2, 0.25) is 0 Å². The summed E-state index contributed by atoms with van der Waals surface area (Å²) < 4.78 is 4.71. The van der Waals surface area contributed by atoms with E-state index in [1.165, 1.54) is 18.7 Å². The molecule has 5 aromatic carbocycles. The van der Waals surface area contributed by atoms with E-state index in [4.69, 9.17) is 16.3 Å². The highest BCUT2D eigenvalue weighted by atomic mass is 35.5. The Balaban J connectivity index is 0.000000288. The maximum Gasteiger partial charge on any atom is 0.341 e. The average molecular weight is 629 g/mol. The molecule has 0 spiro atoms. The molecule has 2 unspecified atom stereocenters. The van der Waals surface area contributed by atoms with Gasteiger partial charge in [0, 0.05) is 28.4 Å². The first-order valence-corrected chi connectivity index (χ1v) is 15.2. The third kappa shape index (κ3) is 5.97. The number of fused-ring (bicyclic) bond motifs is 5. The highest BCUT2D eigenvalue weighted by Gasteiger charge is 2.42. The van der Waals surface area contributed by atoms with E-state index in [2.05, 4.69) is 9.97 Å². The zero-order valence-electron chi connectivity index (χ0n) is 24.9. The molecule has 228 valence electrons. The fraction of sp³-hybridized carbons (Fsp3) is 0.132. The summed E-state index contributed by atoms with van der Waals surface area (Å²) in [5.41, 5.74) is 3.31. The standard InChI is InChI=1S/C31H21ClO3.C7H8N2O2/c32-20-12-10-19(11-13-20)28-24-15-14-22-21-8-4-5-9-23(21)27(33)17-25(22)29(24)31(35)26(30(28)34)16-18-6-2-1-3-7-18;1-2-11-7(10)6-3-8-5-9-4-6/h1-15,17,26,28,33H,16H2;3-5H,2H2,1H3. The Morgan fingerprint density at radius 3 is 2.17 bits per heavy atom. The topological polar surface area (TPSA) is 106 Å². The molecule has 0 saturated carbocycles. The van der Waals surface area contributed by atoms with Crippen molar-refractivity contribution in [3.63, 3.8) is 0 Å². The monoisotopic (exact) mass is 628 g/mol. The molecule has 1 heterocycles. The van der Waals surface area contributed by atoms with Crippen molar-refractivity contribution in [2.45, 2.75) is 19.3 Å². The maximum atomic E-state index is 14.0. The summed E-state index contributed by atoms with van der Waals surface area (Å²) in [7, 11) is 0. The van der Waals surface area contributed by atoms with Crippen LogP contribution in [0, 0.1) is 5.92 Å². The van der Waals surface area contributed by atoms with Gasteiger partial charge >= 0.3 is 5.97 Å². The summed E-state index contributed by atoms with van der Waals surface area (Å²) in [6, 6.07) is 30.0. The van der Waals surface area contributed by atoms with Gasteiger partial charge in [-0.15, -0.1) is 0 Å². The number of halogens is 1. The van der Waals surface area contributed by atoms with Crippen molar-refractivity contribution in [3.05, 3.63) is 149 Å². The molecule has 0 fully saturated rings. The molecule has 1 aromatic heterocycles. The zero-order chi connectivity index (χ0) is 32.2. The number of nitrogens with zero attached hydrogens (tertiary/aromatic N) is 2. The second-order valence-corrected chi connectivity index (χ2v) is 11.3. The normalized spacial score (nSPS) is 15.6. The molecule has 8 heteroatoms. The molecule has 2 atom stereocenters. The van der Waals surface area contributed by atoms with Gasteiger partial charge in [0.25, 0.3) is 0 Å². The number of aromatic nitrogens is 2. The number of hydrogen-bond acceptors (Lipinski definition) is 7. The number of phenols is 1. The quantitative estimate of drug-likeness (QED) is 0.118. The number of Topliss-reactive ketones (excluding diaryl/α,β-unsaturated/α-hetero) is 2. The molecule has 0 bridgehead atoms. The van der Waals surface area contributed by atoms with E-state index in [-0.39, 0.29) is 23.3 Å². The molecule has 7 rings (SSSR count). The van der Waals surface area contributed by atoms with Gasteiger partial charge in [0.15, 0.2) is 11.6 Å². The molecule has 1 aliphatic rings. The number of esters is 1. The van der Waals surface area contributed by atoms with Gasteiger partial charge in [0.05, 0.1) is 24.0 Å². The second-order valence-electron chi connectivity index (χ2n) is 10.9. The van der Waals surface area contributed by atoms with Crippen molar-refractivity contribution >= 4 is 50.7 Å². The predicted molar refractivity (Wildman–Crippen MR) is 177 cm³/mol. The average Bonchev–Trinajstić information content (AvgIpc) is 3.08. The highest BCUT2D eigenvalue weighted by molar-refractivity contribution is 6.30. The lowest BCUT2D eigenvalue weighted by Gasteiger charge is -2.31. The lowest BCUT2D eigenvalue weighted by molar-refractivity contribution is -0.122. The molecule has 6 aromatic rings. The predicted octanol–water partition coefficient (Wildman–Crippen LogP) is 7.76. The first kappa shape index (κ1) is 30.6. The van der Waals surface area contributed by atoms with Gasteiger partial charge in [-0.1, -0.05) is 90.5 Å². The summed E-state index contributed by atoms with van der Waals surface area (Å²) in [4.78, 5) is 46.2. The van der Waals surface area contributed by atoms with Crippen LogP contribution >= 0.6 is 11.6 Å². The Morgan fingerprint density at radius 1 is 0.826 bits per heavy atom. The van der Waals surface area contributed by atoms with E-state index in [1.807, 2.05) is 78.9 Å². The molecule has 46 heavy (non-hydrogen) atoms. The molecule has 1 N–H and O–H groups in total. The van der Waals surface area contributed by atoms with Crippen LogP contribution in [0.5, 0.6) is 5.75 Å². The highest BCUT2D eigenvalue weighted by Crippen LogP contribution is 2.44. The number of rotatable bonds is 5. The lowest BCUT2D eigenvalue weighted by atomic mass is 9.69. The summed E-state index contributed by atoms with van der Waals surface area (Å²) in [5.74, 6) is -1.98. The number of ether oxygens (including phenoxy) is 1. The van der Waals surface area contributed by atoms with Crippen molar-refractivity contribution in [3.8, 4) is 5.75 Å². The van der Waals surface area contributed by atoms with Gasteiger partial charge < -0.3 is 9.84 Å². The SMILES string of the molecule is CCOC(=O)c1cncnc1.O=C1c2c(ccc3c2cc(O)c2ccccc23)C(c2ccc(Cl)cc2)C(=O)C1Cc1ccccc1. The van der Waals surface area contributed by atoms with E-state index < -0.39 is 11.8 Å². The van der Waals surface area contributed by atoms with E-state index in [0.29, 0.717) is 40.1 Å². The number of ketones is 2. The summed E-state index contributed by atoms with van der Waals surface area (Å²) >= 11 is 6.13. The van der Waals surface area contributed by atoms with E-state index in [9.17, 15) is 19.5 Å². The number of hydrogen-bond donors (Lipinski definition) is 1. The Bertz CT molecular complexity index is 2070. The van der Waals surface area contributed by atoms with Crippen LogP contribution in [0.2, 0.25) is 5.02 Å². The smallest absolute Gasteiger partial charge is 0.341 e. The van der Waals surface area contributed by atoms with Crippen molar-refractivity contribution < 1.29 is 24.2 Å². The minimum atomic E-state index is -0.815. The lowest BCUT2D eigenvalue weighted by Crippen LogP contribution is -2.37. The van der Waals surface area contributed by atoms with Crippen molar-refractivity contribution in [1.29, 1.82) is 0 Å². The van der Waals surface area contributed by atoms with Crippen LogP contribution in [0.15, 0.2) is 116 Å². The Kier molecular flexibility index (Phi) is 8.85. The van der Waals surface area contributed by atoms with E-state index in [1.54, 1.807) is 25.1 Å². The maximum absolute atomic E-state index is 14.0. The molecule has 0 amide bonds. The second kappa shape index (κ2) is 13.3. The van der Waals surface area contributed by atoms with E-state index >= 15 is 0 Å². The van der Waals surface area contributed by atoms with Crippen LogP contribution < -0.4 is 0 Å². The molecule has 0 saturated heterocycles. The molecule has 7 nitrogen and oxygen atoms in total. The first-order valence-electron chi connectivity index (χ1n) is 14.8. The Hall–Kier alpha value is -5.40. The van der Waals surface area contributed by atoms with Gasteiger partial charge in [0.1, 0.15) is 12.1 Å². The fourth-order valence-corrected chi connectivity index (χ4v) is 6.14. The third-order valence-electron chi connectivity index (χ3n) is 8.11. The minimum absolute atomic E-state index is 0.113. The molecular weight excluding hydrogens is 600 g/mol. The van der Waals surface area contributed by atoms with Gasteiger partial charge in [-0.3, -0.25) is 9.59 Å². The third-order valence-corrected chi connectivity index (χ3v) is 8.36. The van der Waals surface area contributed by atoms with Crippen LogP contribution in [0.25, 0.3) is 21.5 Å². The number of aromatic hydroxyl groups is 1. The minimum Gasteiger partial charge on any atom is -0.507 e. The first-order chi connectivity index (χ1) is 22.4. The van der Waals surface area contributed by atoms with Crippen LogP contribution in [0.4, 0.5) is 0 Å². The number of benzene rings is 5. The Labute approximate surface area is 270 Å². The Morgan fingerprint density at radius 2 is 1.48 bits per heavy atom. The summed E-state index contributed by atoms with van der Waals surface area (Å²) in [5, 5.41) is 14.6. The zero-order valence-corrected chi connectivity index (χ0v) is 25.6. The van der Waals surface area contributed by atoms with Gasteiger partial charge in [-0.05, 0) is 64.4 Å². The van der Waals surface area contributed by atoms with Crippen LogP contribution in [0.3, 0.4) is 0 Å². The molecule has 0 aliphatic heterocycles. The molecule has 1 aliphatic carbocycles. The largest absolute Gasteiger partial charge is 0.507 e. The van der Waals surface area contributed by atoms with Crippen molar-refractivity contribution in [2.75, 3.05) is 6.61 Å². The van der Waals surface area contributed by atoms with Crippen molar-refractivity contribution in [2.24, 2.45) is 5.92 Å². The summed E-state index contributed by atoms with van der Waals surface area (Å²) in [6.45, 7) is 2.12.